The molecule has 0 bridgehead atoms. The van der Waals surface area contributed by atoms with Gasteiger partial charge in [0.25, 0.3) is 0 Å². The van der Waals surface area contributed by atoms with Crippen molar-refractivity contribution >= 4 is 22.2 Å². The molecular formula is C11H13BrO. The van der Waals surface area contributed by atoms with Gasteiger partial charge in [0.2, 0.25) is 0 Å². The van der Waals surface area contributed by atoms with E-state index >= 15 is 0 Å². The lowest BCUT2D eigenvalue weighted by Gasteiger charge is -2.05. The smallest absolute Gasteiger partial charge is 0.123 e. The highest BCUT2D eigenvalue weighted by atomic mass is 79.9. The number of rotatable bonds is 3. The van der Waals surface area contributed by atoms with Crippen LogP contribution in [0.3, 0.4) is 0 Å². The van der Waals surface area contributed by atoms with E-state index in [9.17, 15) is 4.79 Å². The molecule has 0 aliphatic rings. The van der Waals surface area contributed by atoms with Gasteiger partial charge in [-0.2, -0.15) is 0 Å². The Labute approximate surface area is 87.3 Å². The van der Waals surface area contributed by atoms with Crippen molar-refractivity contribution in [1.29, 1.82) is 0 Å². The Balaban J connectivity index is 2.79. The van der Waals surface area contributed by atoms with Gasteiger partial charge in [-0.25, -0.2) is 0 Å². The highest BCUT2D eigenvalue weighted by Crippen LogP contribution is 2.18. The van der Waals surface area contributed by atoms with E-state index in [1.807, 2.05) is 13.0 Å². The standard InChI is InChI=1S/C11H13BrO/c1-8(7-13)5-10-3-4-11(12)9(2)6-10/h3-4,6-8H,5H2,1-2H3. The summed E-state index contributed by atoms with van der Waals surface area (Å²) in [7, 11) is 0. The summed E-state index contributed by atoms with van der Waals surface area (Å²) in [5.74, 6) is 0.112. The van der Waals surface area contributed by atoms with E-state index in [0.29, 0.717) is 0 Å². The quantitative estimate of drug-likeness (QED) is 0.743. The van der Waals surface area contributed by atoms with Crippen molar-refractivity contribution in [3.63, 3.8) is 0 Å². The summed E-state index contributed by atoms with van der Waals surface area (Å²) < 4.78 is 1.12. The molecule has 1 unspecified atom stereocenters. The molecular weight excluding hydrogens is 228 g/mol. The minimum absolute atomic E-state index is 0.112. The molecule has 0 heterocycles. The maximum atomic E-state index is 10.5. The molecule has 0 N–H and O–H groups in total. The van der Waals surface area contributed by atoms with Gasteiger partial charge < -0.3 is 4.79 Å². The summed E-state index contributed by atoms with van der Waals surface area (Å²) in [6, 6.07) is 6.20. The number of hydrogen-bond donors (Lipinski definition) is 0. The van der Waals surface area contributed by atoms with Crippen LogP contribution in [0.4, 0.5) is 0 Å². The molecule has 0 saturated heterocycles. The number of halogens is 1. The lowest BCUT2D eigenvalue weighted by atomic mass is 10.0. The van der Waals surface area contributed by atoms with Crippen LogP contribution in [0.5, 0.6) is 0 Å². The summed E-state index contributed by atoms with van der Waals surface area (Å²) >= 11 is 3.44. The first-order valence-corrected chi connectivity index (χ1v) is 5.13. The fourth-order valence-corrected chi connectivity index (χ4v) is 1.50. The molecule has 0 spiro atoms. The van der Waals surface area contributed by atoms with Crippen molar-refractivity contribution < 1.29 is 4.79 Å². The molecule has 1 aromatic rings. The van der Waals surface area contributed by atoms with E-state index < -0.39 is 0 Å². The van der Waals surface area contributed by atoms with Crippen LogP contribution in [0.1, 0.15) is 18.1 Å². The van der Waals surface area contributed by atoms with Gasteiger partial charge in [0.1, 0.15) is 6.29 Å². The Morgan fingerprint density at radius 3 is 2.77 bits per heavy atom. The second kappa shape index (κ2) is 4.56. The lowest BCUT2D eigenvalue weighted by molar-refractivity contribution is -0.110. The van der Waals surface area contributed by atoms with Gasteiger partial charge in [-0.3, -0.25) is 0 Å². The molecule has 2 heteroatoms. The third kappa shape index (κ3) is 2.96. The van der Waals surface area contributed by atoms with E-state index in [4.69, 9.17) is 0 Å². The number of benzene rings is 1. The molecule has 1 rings (SSSR count). The lowest BCUT2D eigenvalue weighted by Crippen LogP contribution is -2.00. The maximum absolute atomic E-state index is 10.5. The van der Waals surface area contributed by atoms with Crippen LogP contribution in [0.15, 0.2) is 22.7 Å². The summed E-state index contributed by atoms with van der Waals surface area (Å²) in [5, 5.41) is 0. The molecule has 0 radical (unpaired) electrons. The van der Waals surface area contributed by atoms with Crippen LogP contribution in [0, 0.1) is 12.8 Å². The van der Waals surface area contributed by atoms with Gasteiger partial charge in [0, 0.05) is 10.4 Å². The van der Waals surface area contributed by atoms with E-state index in [0.717, 1.165) is 17.2 Å². The first kappa shape index (κ1) is 10.5. The predicted molar refractivity (Wildman–Crippen MR) is 57.8 cm³/mol. The molecule has 0 aliphatic carbocycles. The first-order valence-electron chi connectivity index (χ1n) is 4.34. The molecule has 0 fully saturated rings. The summed E-state index contributed by atoms with van der Waals surface area (Å²) in [6.45, 7) is 3.99. The highest BCUT2D eigenvalue weighted by Gasteiger charge is 2.02. The number of carbonyl (C=O) groups excluding carboxylic acids is 1. The van der Waals surface area contributed by atoms with Gasteiger partial charge in [-0.15, -0.1) is 0 Å². The van der Waals surface area contributed by atoms with E-state index in [-0.39, 0.29) is 5.92 Å². The second-order valence-electron chi connectivity index (χ2n) is 3.40. The number of carbonyl (C=O) groups is 1. The van der Waals surface area contributed by atoms with Crippen LogP contribution < -0.4 is 0 Å². The Morgan fingerprint density at radius 1 is 1.54 bits per heavy atom. The van der Waals surface area contributed by atoms with Gasteiger partial charge >= 0.3 is 0 Å². The molecule has 70 valence electrons. The van der Waals surface area contributed by atoms with Crippen molar-refractivity contribution in [2.24, 2.45) is 5.92 Å². The second-order valence-corrected chi connectivity index (χ2v) is 4.26. The summed E-state index contributed by atoms with van der Waals surface area (Å²) in [4.78, 5) is 10.5. The monoisotopic (exact) mass is 240 g/mol. The van der Waals surface area contributed by atoms with Gasteiger partial charge in [0.05, 0.1) is 0 Å². The molecule has 0 aliphatic heterocycles. The van der Waals surface area contributed by atoms with E-state index in [1.165, 1.54) is 11.1 Å². The topological polar surface area (TPSA) is 17.1 Å². The normalized spacial score (nSPS) is 12.5. The third-order valence-electron chi connectivity index (χ3n) is 2.01. The molecule has 1 nitrogen and oxygen atoms in total. The summed E-state index contributed by atoms with van der Waals surface area (Å²) in [5.41, 5.74) is 2.44. The third-order valence-corrected chi connectivity index (χ3v) is 2.90. The van der Waals surface area contributed by atoms with Crippen LogP contribution in [0.25, 0.3) is 0 Å². The number of aryl methyl sites for hydroxylation is 1. The van der Waals surface area contributed by atoms with Crippen LogP contribution in [-0.4, -0.2) is 6.29 Å². The fourth-order valence-electron chi connectivity index (χ4n) is 1.25. The van der Waals surface area contributed by atoms with Crippen LogP contribution >= 0.6 is 15.9 Å². The zero-order valence-electron chi connectivity index (χ0n) is 7.88. The molecule has 1 atom stereocenters. The minimum Gasteiger partial charge on any atom is -0.303 e. The summed E-state index contributed by atoms with van der Waals surface area (Å²) in [6.07, 6.45) is 1.83. The molecule has 13 heavy (non-hydrogen) atoms. The van der Waals surface area contributed by atoms with Gasteiger partial charge in [-0.05, 0) is 30.5 Å². The fraction of sp³-hybridized carbons (Fsp3) is 0.364. The first-order chi connectivity index (χ1) is 6.13. The Bertz CT molecular complexity index is 307. The Hall–Kier alpha value is -0.630. The molecule has 0 amide bonds. The average Bonchev–Trinajstić information content (AvgIpc) is 2.11. The average molecular weight is 241 g/mol. The van der Waals surface area contributed by atoms with Crippen LogP contribution in [-0.2, 0) is 11.2 Å². The van der Waals surface area contributed by atoms with Gasteiger partial charge in [0.15, 0.2) is 0 Å². The molecule has 0 aromatic heterocycles. The van der Waals surface area contributed by atoms with Crippen molar-refractivity contribution in [1.82, 2.24) is 0 Å². The Morgan fingerprint density at radius 2 is 2.23 bits per heavy atom. The molecule has 1 aromatic carbocycles. The van der Waals surface area contributed by atoms with Gasteiger partial charge in [-0.1, -0.05) is 35.0 Å². The van der Waals surface area contributed by atoms with Crippen molar-refractivity contribution in [3.05, 3.63) is 33.8 Å². The van der Waals surface area contributed by atoms with Crippen LogP contribution in [0.2, 0.25) is 0 Å². The zero-order chi connectivity index (χ0) is 9.84. The molecule has 0 saturated carbocycles. The maximum Gasteiger partial charge on any atom is 0.123 e. The zero-order valence-corrected chi connectivity index (χ0v) is 9.47. The van der Waals surface area contributed by atoms with Crippen molar-refractivity contribution in [3.8, 4) is 0 Å². The number of aldehydes is 1. The minimum atomic E-state index is 0.112. The van der Waals surface area contributed by atoms with Crippen molar-refractivity contribution in [2.75, 3.05) is 0 Å². The van der Waals surface area contributed by atoms with E-state index in [1.54, 1.807) is 0 Å². The largest absolute Gasteiger partial charge is 0.303 e. The van der Waals surface area contributed by atoms with E-state index in [2.05, 4.69) is 35.0 Å². The van der Waals surface area contributed by atoms with Crippen molar-refractivity contribution in [2.45, 2.75) is 20.3 Å². The SMILES string of the molecule is Cc1cc(CC(C)C=O)ccc1Br. The number of hydrogen-bond acceptors (Lipinski definition) is 1. The highest BCUT2D eigenvalue weighted by molar-refractivity contribution is 9.10. The Kier molecular flexibility index (Phi) is 3.67. The predicted octanol–water partition coefficient (Wildman–Crippen LogP) is 3.14.